The molecule has 1 aliphatic carbocycles. The number of aromatic amines is 1. The van der Waals surface area contributed by atoms with Gasteiger partial charge in [0.2, 0.25) is 0 Å². The second-order valence-electron chi connectivity index (χ2n) is 14.8. The Morgan fingerprint density at radius 2 is 2.00 bits per heavy atom. The first kappa shape index (κ1) is 32.6. The largest absolute Gasteiger partial charge is 0.461 e. The molecule has 14 nitrogen and oxygen atoms in total. The average Bonchev–Trinajstić information content (AvgIpc) is 3.86. The molecule has 0 aromatic carbocycles. The predicted octanol–water partition coefficient (Wildman–Crippen LogP) is 3.27. The summed E-state index contributed by atoms with van der Waals surface area (Å²) in [5.41, 5.74) is 1.43. The zero-order chi connectivity index (χ0) is 35.2. The van der Waals surface area contributed by atoms with E-state index in [9.17, 15) is 19.2 Å². The van der Waals surface area contributed by atoms with E-state index < -0.39 is 11.7 Å². The number of aromatic nitrogens is 6. The number of hydrogen-bond donors (Lipinski definition) is 1. The van der Waals surface area contributed by atoms with Gasteiger partial charge in [0.15, 0.2) is 17.3 Å². The molecule has 8 heterocycles. The summed E-state index contributed by atoms with van der Waals surface area (Å²) >= 11 is 8.39. The minimum absolute atomic E-state index is 0.129. The number of hydrogen-bond acceptors (Lipinski definition) is 12. The van der Waals surface area contributed by atoms with E-state index in [0.29, 0.717) is 73.8 Å². The van der Waals surface area contributed by atoms with Crippen LogP contribution < -0.4 is 20.1 Å². The Balaban J connectivity index is 1.09. The van der Waals surface area contributed by atoms with E-state index in [-0.39, 0.29) is 46.8 Å². The van der Waals surface area contributed by atoms with Gasteiger partial charge in [-0.2, -0.15) is 20.3 Å². The second-order valence-corrected chi connectivity index (χ2v) is 16.2. The van der Waals surface area contributed by atoms with Crippen molar-refractivity contribution in [1.82, 2.24) is 39.5 Å². The number of rotatable bonds is 6. The number of nitrogens with zero attached hydrogens (tertiary/aromatic N) is 10. The Morgan fingerprint density at radius 3 is 2.78 bits per heavy atom. The highest BCUT2D eigenvalue weighted by molar-refractivity contribution is 7.18. The number of nitrogens with one attached hydrogen (secondary N) is 1. The van der Waals surface area contributed by atoms with Gasteiger partial charge in [-0.25, -0.2) is 9.37 Å². The Morgan fingerprint density at radius 1 is 1.20 bits per heavy atom. The Bertz CT molecular complexity index is 2190. The fraction of sp³-hybridized carbons (Fsp3) is 0.559. The summed E-state index contributed by atoms with van der Waals surface area (Å²) in [5, 5.41) is 16.2. The van der Waals surface area contributed by atoms with Crippen molar-refractivity contribution >= 4 is 50.7 Å². The number of alkyl halides is 1. The molecule has 4 aromatic heterocycles. The molecule has 0 saturated carbocycles. The predicted molar refractivity (Wildman–Crippen MR) is 189 cm³/mol. The van der Waals surface area contributed by atoms with Crippen LogP contribution in [0.4, 0.5) is 16.0 Å². The molecule has 5 aliphatic rings. The molecule has 2 atom stereocenters. The molecule has 3 saturated heterocycles. The molecule has 4 aromatic rings. The summed E-state index contributed by atoms with van der Waals surface area (Å²) in [4.78, 5) is 52.4. The summed E-state index contributed by atoms with van der Waals surface area (Å²) in [6, 6.07) is 2.53. The van der Waals surface area contributed by atoms with E-state index in [1.165, 1.54) is 16.1 Å². The molecule has 1 N–H and O–H groups in total. The number of ether oxygens (including phenoxy) is 1. The number of amides is 1. The van der Waals surface area contributed by atoms with E-state index in [1.54, 1.807) is 30.1 Å². The number of aryl methyl sites for hydroxylation is 2. The van der Waals surface area contributed by atoms with Gasteiger partial charge < -0.3 is 24.4 Å². The van der Waals surface area contributed by atoms with Crippen molar-refractivity contribution in [2.24, 2.45) is 0 Å². The van der Waals surface area contributed by atoms with E-state index in [4.69, 9.17) is 26.3 Å². The lowest BCUT2D eigenvalue weighted by Gasteiger charge is -2.49. The van der Waals surface area contributed by atoms with Crippen molar-refractivity contribution in [2.75, 3.05) is 63.2 Å². The van der Waals surface area contributed by atoms with Crippen LogP contribution in [0.15, 0.2) is 11.1 Å². The van der Waals surface area contributed by atoms with Crippen LogP contribution in [0, 0.1) is 11.3 Å². The minimum Gasteiger partial charge on any atom is -0.461 e. The van der Waals surface area contributed by atoms with Gasteiger partial charge in [0.25, 0.3) is 11.5 Å². The number of halogens is 2. The quantitative estimate of drug-likeness (QED) is 0.311. The first-order valence-corrected chi connectivity index (χ1v) is 18.6. The molecule has 17 heteroatoms. The number of carbonyl (C=O) groups is 1. The first-order chi connectivity index (χ1) is 24.6. The highest BCUT2D eigenvalue weighted by Gasteiger charge is 2.53. The third-order valence-corrected chi connectivity index (χ3v) is 13.0. The zero-order valence-electron chi connectivity index (χ0n) is 28.4. The third-order valence-electron chi connectivity index (χ3n) is 11.4. The Labute approximate surface area is 301 Å². The molecule has 1 amide bonds. The minimum atomic E-state index is -0.901. The normalized spacial score (nSPS) is 23.5. The van der Waals surface area contributed by atoms with E-state index >= 15 is 0 Å². The number of H-pyrrole nitrogens is 1. The first-order valence-electron chi connectivity index (χ1n) is 17.4. The van der Waals surface area contributed by atoms with Crippen LogP contribution in [0.25, 0.3) is 10.2 Å². The number of nitriles is 1. The smallest absolute Gasteiger partial charge is 0.320 e. The van der Waals surface area contributed by atoms with Gasteiger partial charge in [-0.3, -0.25) is 19.2 Å². The van der Waals surface area contributed by atoms with Gasteiger partial charge in [0.05, 0.1) is 34.5 Å². The van der Waals surface area contributed by atoms with Crippen LogP contribution in [0.3, 0.4) is 0 Å². The van der Waals surface area contributed by atoms with Gasteiger partial charge >= 0.3 is 6.01 Å². The SMILES string of the molecule is CN(C)C(=O)c1nn2c(c1Cl)CN(c1nc(OC[C@@]34CCCN3CC(F)C4)nc(N3CC4(CCc5sc6nc[nH]c(=O)c6c54)C3)c1C#N)CCC2. The standard InChI is InChI=1S/C34H37ClFN11O3S/c1-43(2)31(49)26-25(35)21-14-44(8-4-10-47(21)42-26)27-20(12-37)28(41-32(40-27)50-17-34-6-3-9-46(34)13-19(36)11-34)45-15-33(16-45)7-5-22-24(33)23-29(48)38-18-39-30(23)51-22/h18-19H,3-11,13-17H2,1-2H3,(H,38,39,48)/t19?,34-/m0/s1. The maximum absolute atomic E-state index is 14.6. The van der Waals surface area contributed by atoms with Gasteiger partial charge in [-0.15, -0.1) is 11.3 Å². The van der Waals surface area contributed by atoms with Crippen LogP contribution in [0.5, 0.6) is 6.01 Å². The molecule has 1 spiro atoms. The zero-order valence-corrected chi connectivity index (χ0v) is 30.0. The maximum atomic E-state index is 14.6. The monoisotopic (exact) mass is 733 g/mol. The van der Waals surface area contributed by atoms with Gasteiger partial charge in [0.1, 0.15) is 29.2 Å². The molecular formula is C34H37ClFN11O3S. The molecule has 266 valence electrons. The van der Waals surface area contributed by atoms with Crippen LogP contribution in [0.2, 0.25) is 5.02 Å². The van der Waals surface area contributed by atoms with Gasteiger partial charge in [-0.1, -0.05) is 11.6 Å². The maximum Gasteiger partial charge on any atom is 0.320 e. The van der Waals surface area contributed by atoms with Crippen molar-refractivity contribution in [2.45, 2.75) is 68.7 Å². The van der Waals surface area contributed by atoms with E-state index in [0.717, 1.165) is 42.6 Å². The number of carbonyl (C=O) groups excluding carboxylic acids is 1. The summed E-state index contributed by atoms with van der Waals surface area (Å²) in [6.07, 6.45) is 5.21. The summed E-state index contributed by atoms with van der Waals surface area (Å²) in [5.74, 6) is 0.588. The van der Waals surface area contributed by atoms with Crippen molar-refractivity contribution < 1.29 is 13.9 Å². The summed E-state index contributed by atoms with van der Waals surface area (Å²) in [6.45, 7) is 3.98. The fourth-order valence-electron chi connectivity index (χ4n) is 9.05. The van der Waals surface area contributed by atoms with Gasteiger partial charge in [0, 0.05) is 63.5 Å². The Hall–Kier alpha value is -4.33. The third kappa shape index (κ3) is 5.02. The fourth-order valence-corrected chi connectivity index (χ4v) is 10.6. The van der Waals surface area contributed by atoms with Crippen LogP contribution in [-0.2, 0) is 24.9 Å². The number of anilines is 2. The second kappa shape index (κ2) is 11.9. The van der Waals surface area contributed by atoms with Crippen LogP contribution >= 0.6 is 22.9 Å². The highest BCUT2D eigenvalue weighted by Crippen LogP contribution is 2.52. The summed E-state index contributed by atoms with van der Waals surface area (Å²) in [7, 11) is 3.31. The lowest BCUT2D eigenvalue weighted by Crippen LogP contribution is -2.59. The topological polar surface area (TPSA) is 152 Å². The molecule has 4 aliphatic heterocycles. The van der Waals surface area contributed by atoms with Crippen LogP contribution in [-0.4, -0.2) is 111 Å². The molecule has 51 heavy (non-hydrogen) atoms. The van der Waals surface area contributed by atoms with E-state index in [1.807, 2.05) is 4.90 Å². The van der Waals surface area contributed by atoms with Crippen molar-refractivity contribution in [1.29, 1.82) is 5.26 Å². The van der Waals surface area contributed by atoms with Crippen molar-refractivity contribution in [3.05, 3.63) is 49.1 Å². The number of fused-ring (bicyclic) bond motifs is 6. The summed E-state index contributed by atoms with van der Waals surface area (Å²) < 4.78 is 22.8. The molecular weight excluding hydrogens is 697 g/mol. The van der Waals surface area contributed by atoms with Crippen molar-refractivity contribution in [3.63, 3.8) is 0 Å². The van der Waals surface area contributed by atoms with Crippen molar-refractivity contribution in [3.8, 4) is 12.1 Å². The molecule has 3 fully saturated rings. The van der Waals surface area contributed by atoms with E-state index in [2.05, 4.69) is 30.9 Å². The lowest BCUT2D eigenvalue weighted by atomic mass is 9.74. The van der Waals surface area contributed by atoms with Crippen LogP contribution in [0.1, 0.15) is 64.3 Å². The van der Waals surface area contributed by atoms with Gasteiger partial charge in [-0.05, 0) is 44.2 Å². The molecule has 1 unspecified atom stereocenters. The molecule has 0 radical (unpaired) electrons. The highest BCUT2D eigenvalue weighted by atomic mass is 35.5. The average molecular weight is 734 g/mol. The Kier molecular flexibility index (Phi) is 7.57. The molecule has 0 bridgehead atoms. The lowest BCUT2D eigenvalue weighted by molar-refractivity contribution is 0.0821. The number of thiophene rings is 1. The molecule has 9 rings (SSSR count).